The number of benzene rings is 1. The van der Waals surface area contributed by atoms with Gasteiger partial charge in [-0.15, -0.1) is 5.10 Å². The minimum atomic E-state index is -0.684. The van der Waals surface area contributed by atoms with Crippen molar-refractivity contribution in [3.05, 3.63) is 46.5 Å². The third-order valence-corrected chi connectivity index (χ3v) is 4.64. The van der Waals surface area contributed by atoms with Crippen LogP contribution < -0.4 is 5.32 Å². The molecular formula is C19H24N4O2S. The summed E-state index contributed by atoms with van der Waals surface area (Å²) >= 11 is 1.14. The molecule has 1 fully saturated rings. The molecule has 0 radical (unpaired) electrons. The first kappa shape index (κ1) is 18.5. The van der Waals surface area contributed by atoms with Crippen LogP contribution in [0, 0.1) is 6.92 Å². The second-order valence-electron chi connectivity index (χ2n) is 7.79. The van der Waals surface area contributed by atoms with Crippen molar-refractivity contribution in [2.24, 2.45) is 0 Å². The van der Waals surface area contributed by atoms with Crippen LogP contribution in [0.3, 0.4) is 0 Å². The summed E-state index contributed by atoms with van der Waals surface area (Å²) in [5.74, 6) is -0.414. The van der Waals surface area contributed by atoms with E-state index < -0.39 is 6.04 Å². The predicted octanol–water partition coefficient (Wildman–Crippen LogP) is 3.11. The van der Waals surface area contributed by atoms with Crippen LogP contribution in [-0.4, -0.2) is 37.9 Å². The minimum absolute atomic E-state index is 0.0560. The Bertz CT molecular complexity index is 794. The van der Waals surface area contributed by atoms with E-state index in [9.17, 15) is 9.59 Å². The summed E-state index contributed by atoms with van der Waals surface area (Å²) in [6.45, 7) is 7.79. The summed E-state index contributed by atoms with van der Waals surface area (Å²) in [6, 6.07) is 7.14. The topological polar surface area (TPSA) is 75.2 Å². The van der Waals surface area contributed by atoms with E-state index in [2.05, 4.69) is 14.9 Å². The van der Waals surface area contributed by atoms with Crippen molar-refractivity contribution in [1.29, 1.82) is 0 Å². The van der Waals surface area contributed by atoms with Crippen LogP contribution in [0.1, 0.15) is 61.3 Å². The number of aryl methyl sites for hydroxylation is 1. The van der Waals surface area contributed by atoms with Gasteiger partial charge in [0, 0.05) is 17.0 Å². The van der Waals surface area contributed by atoms with Crippen LogP contribution in [0.4, 0.5) is 0 Å². The molecule has 0 spiro atoms. The van der Waals surface area contributed by atoms with Gasteiger partial charge in [-0.2, -0.15) is 0 Å². The maximum atomic E-state index is 13.2. The number of hydrogen-bond donors (Lipinski definition) is 1. The van der Waals surface area contributed by atoms with E-state index >= 15 is 0 Å². The SMILES string of the molecule is Cc1cccc([C@@H](C(=O)NC(C)(C)C)N(C(=O)c2csnn2)C2CC2)c1. The van der Waals surface area contributed by atoms with E-state index in [1.807, 2.05) is 52.0 Å². The average molecular weight is 372 g/mol. The van der Waals surface area contributed by atoms with Gasteiger partial charge in [0.25, 0.3) is 5.91 Å². The molecule has 1 saturated carbocycles. The Morgan fingerprint density at radius 1 is 1.31 bits per heavy atom. The molecule has 3 rings (SSSR count). The molecule has 1 aliphatic carbocycles. The fraction of sp³-hybridized carbons (Fsp3) is 0.474. The molecule has 1 N–H and O–H groups in total. The van der Waals surface area contributed by atoms with E-state index in [-0.39, 0.29) is 23.4 Å². The molecule has 0 bridgehead atoms. The highest BCUT2D eigenvalue weighted by atomic mass is 32.1. The van der Waals surface area contributed by atoms with Crippen LogP contribution in [0.2, 0.25) is 0 Å². The van der Waals surface area contributed by atoms with E-state index in [0.717, 1.165) is 35.5 Å². The zero-order valence-electron chi connectivity index (χ0n) is 15.5. The Kier molecular flexibility index (Phi) is 5.09. The zero-order chi connectivity index (χ0) is 18.9. The third kappa shape index (κ3) is 4.27. The Labute approximate surface area is 157 Å². The average Bonchev–Trinajstić information content (AvgIpc) is 3.22. The maximum Gasteiger partial charge on any atom is 0.276 e. The molecule has 0 aliphatic heterocycles. The standard InChI is InChI=1S/C19H24N4O2S/c1-12-6-5-7-13(10-12)16(17(24)20-19(2,3)4)23(14-8-9-14)18(25)15-11-26-22-21-15/h5-7,10-11,14,16H,8-9H2,1-4H3,(H,20,24)/t16-/m0/s1. The highest BCUT2D eigenvalue weighted by Gasteiger charge is 2.43. The molecule has 2 amide bonds. The summed E-state index contributed by atoms with van der Waals surface area (Å²) in [5, 5.41) is 8.59. The van der Waals surface area contributed by atoms with E-state index in [0.29, 0.717) is 5.69 Å². The monoisotopic (exact) mass is 372 g/mol. The molecule has 6 nitrogen and oxygen atoms in total. The highest BCUT2D eigenvalue weighted by molar-refractivity contribution is 7.03. The van der Waals surface area contributed by atoms with Crippen molar-refractivity contribution in [3.8, 4) is 0 Å². The van der Waals surface area contributed by atoms with Gasteiger partial charge in [0.15, 0.2) is 5.69 Å². The van der Waals surface area contributed by atoms with Crippen LogP contribution >= 0.6 is 11.5 Å². The first-order valence-electron chi connectivity index (χ1n) is 8.74. The number of amides is 2. The molecule has 2 aromatic rings. The molecule has 1 aromatic carbocycles. The van der Waals surface area contributed by atoms with E-state index in [1.165, 1.54) is 0 Å². The number of nitrogens with one attached hydrogen (secondary N) is 1. The van der Waals surface area contributed by atoms with Crippen molar-refractivity contribution in [2.75, 3.05) is 0 Å². The second kappa shape index (κ2) is 7.15. The molecular weight excluding hydrogens is 348 g/mol. The molecule has 1 atom stereocenters. The number of carbonyl (C=O) groups is 2. The van der Waals surface area contributed by atoms with Crippen molar-refractivity contribution < 1.29 is 9.59 Å². The van der Waals surface area contributed by atoms with Gasteiger partial charge >= 0.3 is 0 Å². The van der Waals surface area contributed by atoms with Crippen LogP contribution in [0.25, 0.3) is 0 Å². The fourth-order valence-electron chi connectivity index (χ4n) is 2.95. The molecule has 0 saturated heterocycles. The number of hydrogen-bond acceptors (Lipinski definition) is 5. The molecule has 26 heavy (non-hydrogen) atoms. The summed E-state index contributed by atoms with van der Waals surface area (Å²) in [5.41, 5.74) is 1.77. The van der Waals surface area contributed by atoms with Gasteiger partial charge in [0.2, 0.25) is 5.91 Å². The smallest absolute Gasteiger partial charge is 0.276 e. The van der Waals surface area contributed by atoms with Crippen LogP contribution in [0.15, 0.2) is 29.6 Å². The lowest BCUT2D eigenvalue weighted by molar-refractivity contribution is -0.127. The van der Waals surface area contributed by atoms with Gasteiger partial charge in [-0.25, -0.2) is 0 Å². The first-order valence-corrected chi connectivity index (χ1v) is 9.58. The normalized spacial score (nSPS) is 15.4. The maximum absolute atomic E-state index is 13.2. The van der Waals surface area contributed by atoms with Gasteiger partial charge in [-0.3, -0.25) is 9.59 Å². The molecule has 7 heteroatoms. The van der Waals surface area contributed by atoms with Crippen molar-refractivity contribution in [3.63, 3.8) is 0 Å². The Balaban J connectivity index is 2.02. The lowest BCUT2D eigenvalue weighted by Crippen LogP contribution is -2.50. The largest absolute Gasteiger partial charge is 0.349 e. The lowest BCUT2D eigenvalue weighted by Gasteiger charge is -2.33. The quantitative estimate of drug-likeness (QED) is 0.875. The first-order chi connectivity index (χ1) is 12.3. The third-order valence-electron chi connectivity index (χ3n) is 4.14. The molecule has 1 heterocycles. The lowest BCUT2D eigenvalue weighted by atomic mass is 9.99. The Morgan fingerprint density at radius 2 is 2.04 bits per heavy atom. The summed E-state index contributed by atoms with van der Waals surface area (Å²) in [7, 11) is 0. The number of aromatic nitrogens is 2. The minimum Gasteiger partial charge on any atom is -0.349 e. The van der Waals surface area contributed by atoms with Crippen molar-refractivity contribution in [1.82, 2.24) is 19.8 Å². The number of carbonyl (C=O) groups excluding carboxylic acids is 2. The van der Waals surface area contributed by atoms with E-state index in [1.54, 1.807) is 10.3 Å². The Morgan fingerprint density at radius 3 is 2.58 bits per heavy atom. The van der Waals surface area contributed by atoms with Gasteiger partial charge in [0.1, 0.15) is 6.04 Å². The fourth-order valence-corrected chi connectivity index (χ4v) is 3.38. The highest BCUT2D eigenvalue weighted by Crippen LogP contribution is 2.36. The number of nitrogens with zero attached hydrogens (tertiary/aromatic N) is 3. The summed E-state index contributed by atoms with van der Waals surface area (Å²) in [6.07, 6.45) is 1.79. The van der Waals surface area contributed by atoms with Gasteiger partial charge in [0.05, 0.1) is 0 Å². The second-order valence-corrected chi connectivity index (χ2v) is 8.40. The van der Waals surface area contributed by atoms with Crippen molar-refractivity contribution in [2.45, 2.75) is 58.2 Å². The molecule has 138 valence electrons. The van der Waals surface area contributed by atoms with Gasteiger partial charge in [-0.1, -0.05) is 34.3 Å². The van der Waals surface area contributed by atoms with Crippen LogP contribution in [-0.2, 0) is 4.79 Å². The molecule has 1 aromatic heterocycles. The predicted molar refractivity (Wildman–Crippen MR) is 101 cm³/mol. The van der Waals surface area contributed by atoms with Gasteiger partial charge in [-0.05, 0) is 57.6 Å². The molecule has 1 aliphatic rings. The molecule has 0 unspecified atom stereocenters. The summed E-state index contributed by atoms with van der Waals surface area (Å²) < 4.78 is 3.80. The van der Waals surface area contributed by atoms with E-state index in [4.69, 9.17) is 0 Å². The van der Waals surface area contributed by atoms with Crippen molar-refractivity contribution >= 4 is 23.3 Å². The zero-order valence-corrected chi connectivity index (χ0v) is 16.3. The number of rotatable bonds is 5. The van der Waals surface area contributed by atoms with Crippen LogP contribution in [0.5, 0.6) is 0 Å². The Hall–Kier alpha value is -2.28. The summed E-state index contributed by atoms with van der Waals surface area (Å²) in [4.78, 5) is 28.0. The van der Waals surface area contributed by atoms with Gasteiger partial charge < -0.3 is 10.2 Å².